The minimum absolute atomic E-state index is 0.0649. The molecule has 0 aliphatic rings. The number of rotatable bonds is 39. The van der Waals surface area contributed by atoms with E-state index in [-0.39, 0.29) is 12.5 Å². The van der Waals surface area contributed by atoms with Crippen LogP contribution in [0.2, 0.25) is 0 Å². The van der Waals surface area contributed by atoms with Crippen LogP contribution in [0.5, 0.6) is 0 Å². The van der Waals surface area contributed by atoms with Gasteiger partial charge in [-0.2, -0.15) is 0 Å². The molecule has 0 aliphatic carbocycles. The van der Waals surface area contributed by atoms with E-state index in [0.717, 1.165) is 25.7 Å². The summed E-state index contributed by atoms with van der Waals surface area (Å²) in [6, 6.07) is -0.620. The first-order valence-electron chi connectivity index (χ1n) is 21.6. The van der Waals surface area contributed by atoms with E-state index in [1.807, 2.05) is 6.08 Å². The molecule has 0 radical (unpaired) electrons. The van der Waals surface area contributed by atoms with Crippen molar-refractivity contribution < 1.29 is 15.0 Å². The maximum Gasteiger partial charge on any atom is 0.220 e. The lowest BCUT2D eigenvalue weighted by atomic mass is 10.0. The highest BCUT2D eigenvalue weighted by Crippen LogP contribution is 2.15. The lowest BCUT2D eigenvalue weighted by Gasteiger charge is -2.20. The molecule has 0 rings (SSSR count). The van der Waals surface area contributed by atoms with Crippen LogP contribution in [0.15, 0.2) is 24.3 Å². The van der Waals surface area contributed by atoms with Crippen LogP contribution in [-0.4, -0.2) is 34.9 Å². The Morgan fingerprint density at radius 2 is 0.792 bits per heavy atom. The number of nitrogens with one attached hydrogen (secondary N) is 1. The van der Waals surface area contributed by atoms with E-state index in [1.54, 1.807) is 6.08 Å². The molecule has 0 saturated carbocycles. The third-order valence-electron chi connectivity index (χ3n) is 9.93. The van der Waals surface area contributed by atoms with Crippen molar-refractivity contribution in [2.75, 3.05) is 6.61 Å². The molecule has 0 saturated heterocycles. The molecule has 0 spiro atoms. The summed E-state index contributed by atoms with van der Waals surface area (Å²) in [5.74, 6) is -0.0649. The predicted molar refractivity (Wildman–Crippen MR) is 212 cm³/mol. The lowest BCUT2D eigenvalue weighted by molar-refractivity contribution is -0.123. The number of amides is 1. The van der Waals surface area contributed by atoms with Gasteiger partial charge >= 0.3 is 0 Å². The number of hydrogen-bond acceptors (Lipinski definition) is 3. The van der Waals surface area contributed by atoms with Gasteiger partial charge in [-0.05, 0) is 44.9 Å². The normalized spacial score (nSPS) is 13.2. The Hall–Kier alpha value is -1.13. The van der Waals surface area contributed by atoms with Gasteiger partial charge in [-0.15, -0.1) is 0 Å². The summed E-state index contributed by atoms with van der Waals surface area (Å²) in [6.45, 7) is 4.31. The molecule has 0 heterocycles. The van der Waals surface area contributed by atoms with Crippen molar-refractivity contribution in [3.8, 4) is 0 Å². The Labute approximate surface area is 300 Å². The number of carbonyl (C=O) groups excluding carboxylic acids is 1. The van der Waals surface area contributed by atoms with Gasteiger partial charge in [0.1, 0.15) is 0 Å². The van der Waals surface area contributed by atoms with Gasteiger partial charge in [-0.1, -0.05) is 205 Å². The van der Waals surface area contributed by atoms with Crippen molar-refractivity contribution in [3.05, 3.63) is 24.3 Å². The van der Waals surface area contributed by atoms with E-state index in [0.29, 0.717) is 6.42 Å². The molecule has 2 unspecified atom stereocenters. The van der Waals surface area contributed by atoms with Crippen LogP contribution in [0.4, 0.5) is 0 Å². The van der Waals surface area contributed by atoms with Crippen molar-refractivity contribution in [1.82, 2.24) is 5.32 Å². The quantitative estimate of drug-likeness (QED) is 0.0448. The Morgan fingerprint density at radius 3 is 1.15 bits per heavy atom. The molecule has 0 aliphatic heterocycles. The molecule has 284 valence electrons. The number of carbonyl (C=O) groups is 1. The number of aliphatic hydroxyl groups is 2. The molecule has 1 amide bonds. The van der Waals surface area contributed by atoms with Gasteiger partial charge in [0.05, 0.1) is 18.8 Å². The molecule has 3 N–H and O–H groups in total. The van der Waals surface area contributed by atoms with E-state index in [4.69, 9.17) is 0 Å². The largest absolute Gasteiger partial charge is 0.394 e. The summed E-state index contributed by atoms with van der Waals surface area (Å²) in [5.41, 5.74) is 0. The first-order chi connectivity index (χ1) is 23.7. The van der Waals surface area contributed by atoms with Crippen LogP contribution >= 0.6 is 0 Å². The Morgan fingerprint density at radius 1 is 0.479 bits per heavy atom. The molecule has 2 atom stereocenters. The van der Waals surface area contributed by atoms with Crippen molar-refractivity contribution in [2.24, 2.45) is 0 Å². The molecule has 48 heavy (non-hydrogen) atoms. The second-order valence-corrected chi connectivity index (χ2v) is 14.8. The first-order valence-corrected chi connectivity index (χ1v) is 21.6. The van der Waals surface area contributed by atoms with Gasteiger partial charge in [0.25, 0.3) is 0 Å². The maximum absolute atomic E-state index is 12.4. The highest BCUT2D eigenvalue weighted by Gasteiger charge is 2.17. The molecule has 4 heteroatoms. The standard InChI is InChI=1S/C44H85NO3/c1-3-5-7-9-11-13-15-17-19-21-22-24-26-28-30-32-34-36-38-40-44(48)45-42(41-46)43(47)39-37-35-33-31-29-27-25-23-20-18-16-14-12-10-8-6-4-2/h17,19,37,39,42-43,46-47H,3-16,18,20-36,38,40-41H2,1-2H3,(H,45,48)/b19-17-,39-37+. The average molecular weight is 676 g/mol. The molecule has 0 bridgehead atoms. The van der Waals surface area contributed by atoms with Crippen molar-refractivity contribution >= 4 is 5.91 Å². The van der Waals surface area contributed by atoms with E-state index in [9.17, 15) is 15.0 Å². The van der Waals surface area contributed by atoms with Crippen molar-refractivity contribution in [3.63, 3.8) is 0 Å². The fourth-order valence-electron chi connectivity index (χ4n) is 6.58. The smallest absolute Gasteiger partial charge is 0.220 e. The van der Waals surface area contributed by atoms with Gasteiger partial charge in [0.15, 0.2) is 0 Å². The zero-order valence-corrected chi connectivity index (χ0v) is 32.5. The second kappa shape index (κ2) is 40.3. The van der Waals surface area contributed by atoms with Crippen LogP contribution in [0, 0.1) is 0 Å². The van der Waals surface area contributed by atoms with E-state index in [1.165, 1.54) is 186 Å². The zero-order chi connectivity index (χ0) is 35.0. The molecular formula is C44H85NO3. The number of aliphatic hydroxyl groups excluding tert-OH is 2. The molecule has 0 fully saturated rings. The number of hydrogen-bond donors (Lipinski definition) is 3. The highest BCUT2D eigenvalue weighted by molar-refractivity contribution is 5.76. The van der Waals surface area contributed by atoms with E-state index in [2.05, 4.69) is 31.3 Å². The van der Waals surface area contributed by atoms with E-state index < -0.39 is 12.1 Å². The van der Waals surface area contributed by atoms with Crippen LogP contribution in [0.25, 0.3) is 0 Å². The number of allylic oxidation sites excluding steroid dienone is 3. The summed E-state index contributed by atoms with van der Waals surface area (Å²) < 4.78 is 0. The lowest BCUT2D eigenvalue weighted by Crippen LogP contribution is -2.45. The van der Waals surface area contributed by atoms with Crippen LogP contribution in [0.3, 0.4) is 0 Å². The minimum Gasteiger partial charge on any atom is -0.394 e. The monoisotopic (exact) mass is 676 g/mol. The summed E-state index contributed by atoms with van der Waals surface area (Å²) in [5, 5.41) is 23.0. The van der Waals surface area contributed by atoms with Crippen LogP contribution in [0.1, 0.15) is 232 Å². The summed E-state index contributed by atoms with van der Waals surface area (Å²) in [4.78, 5) is 12.4. The zero-order valence-electron chi connectivity index (χ0n) is 32.5. The predicted octanol–water partition coefficient (Wildman–Crippen LogP) is 13.2. The summed E-state index contributed by atoms with van der Waals surface area (Å²) in [6.07, 6.45) is 51.3. The third-order valence-corrected chi connectivity index (χ3v) is 9.93. The van der Waals surface area contributed by atoms with Gasteiger partial charge in [-0.25, -0.2) is 0 Å². The average Bonchev–Trinajstić information content (AvgIpc) is 3.09. The van der Waals surface area contributed by atoms with Crippen molar-refractivity contribution in [1.29, 1.82) is 0 Å². The molecule has 4 nitrogen and oxygen atoms in total. The SMILES string of the molecule is CCCCCCCC/C=C\CCCCCCCCCCCC(=O)NC(CO)C(O)/C=C/CCCCCCCCCCCCCCCCC. The molecule has 0 aromatic rings. The summed E-state index contributed by atoms with van der Waals surface area (Å²) >= 11 is 0. The van der Waals surface area contributed by atoms with E-state index >= 15 is 0 Å². The van der Waals surface area contributed by atoms with Crippen LogP contribution < -0.4 is 5.32 Å². The Kier molecular flexibility index (Phi) is 39.4. The minimum atomic E-state index is -0.837. The van der Waals surface area contributed by atoms with Gasteiger partial charge in [0, 0.05) is 6.42 Å². The fourth-order valence-corrected chi connectivity index (χ4v) is 6.58. The first kappa shape index (κ1) is 46.9. The summed E-state index contributed by atoms with van der Waals surface area (Å²) in [7, 11) is 0. The molecule has 0 aromatic heterocycles. The Balaban J connectivity index is 3.56. The van der Waals surface area contributed by atoms with Gasteiger partial charge in [-0.3, -0.25) is 4.79 Å². The third kappa shape index (κ3) is 36.2. The highest BCUT2D eigenvalue weighted by atomic mass is 16.3. The number of unbranched alkanes of at least 4 members (excludes halogenated alkanes) is 30. The van der Waals surface area contributed by atoms with Gasteiger partial charge in [0.2, 0.25) is 5.91 Å². The topological polar surface area (TPSA) is 69.6 Å². The molecular weight excluding hydrogens is 590 g/mol. The van der Waals surface area contributed by atoms with Crippen molar-refractivity contribution in [2.45, 2.75) is 244 Å². The molecule has 0 aromatic carbocycles. The van der Waals surface area contributed by atoms with Crippen LogP contribution in [-0.2, 0) is 4.79 Å². The second-order valence-electron chi connectivity index (χ2n) is 14.8. The maximum atomic E-state index is 12.4. The fraction of sp³-hybridized carbons (Fsp3) is 0.886. The Bertz CT molecular complexity index is 691. The van der Waals surface area contributed by atoms with Gasteiger partial charge < -0.3 is 15.5 Å².